The molecule has 1 aromatic rings. The molecular formula is C17H22N2O4. The van der Waals surface area contributed by atoms with Crippen LogP contribution in [-0.4, -0.2) is 44.0 Å². The van der Waals surface area contributed by atoms with Gasteiger partial charge in [-0.05, 0) is 37.1 Å². The van der Waals surface area contributed by atoms with Gasteiger partial charge in [-0.25, -0.2) is 0 Å². The molecule has 0 bridgehead atoms. The normalized spacial score (nSPS) is 18.0. The Labute approximate surface area is 135 Å². The maximum Gasteiger partial charge on any atom is 0.246 e. The molecule has 1 atom stereocenters. The molecule has 0 saturated carbocycles. The van der Waals surface area contributed by atoms with Gasteiger partial charge in [0, 0.05) is 24.7 Å². The molecular weight excluding hydrogens is 296 g/mol. The number of nitrogens with two attached hydrogens (primary N) is 1. The van der Waals surface area contributed by atoms with Gasteiger partial charge in [-0.3, -0.25) is 9.59 Å². The van der Waals surface area contributed by atoms with Crippen molar-refractivity contribution < 1.29 is 19.1 Å². The fourth-order valence-corrected chi connectivity index (χ4v) is 2.65. The molecule has 2 rings (SSSR count). The topological polar surface area (TPSA) is 81.9 Å². The Bertz CT molecular complexity index is 613. The summed E-state index contributed by atoms with van der Waals surface area (Å²) in [4.78, 5) is 25.3. The number of rotatable bonds is 5. The van der Waals surface area contributed by atoms with Crippen LogP contribution >= 0.6 is 0 Å². The predicted octanol–water partition coefficient (Wildman–Crippen LogP) is 1.44. The summed E-state index contributed by atoms with van der Waals surface area (Å²) in [6.07, 6.45) is 4.71. The molecule has 1 aliphatic rings. The molecule has 6 nitrogen and oxygen atoms in total. The molecule has 1 aliphatic heterocycles. The molecule has 6 heteroatoms. The second-order valence-corrected chi connectivity index (χ2v) is 5.47. The Hall–Kier alpha value is -2.50. The van der Waals surface area contributed by atoms with Crippen LogP contribution in [0, 0.1) is 5.92 Å². The number of methoxy groups -OCH3 is 2. The molecule has 1 heterocycles. The lowest BCUT2D eigenvalue weighted by atomic mass is 9.97. The third-order valence-electron chi connectivity index (χ3n) is 3.98. The summed E-state index contributed by atoms with van der Waals surface area (Å²) >= 11 is 0. The van der Waals surface area contributed by atoms with Crippen molar-refractivity contribution in [2.75, 3.05) is 27.3 Å². The summed E-state index contributed by atoms with van der Waals surface area (Å²) in [6, 6.07) is 5.37. The minimum absolute atomic E-state index is 0.138. The number of primary amides is 1. The first-order chi connectivity index (χ1) is 11.0. The number of piperidine rings is 1. The minimum atomic E-state index is -0.346. The van der Waals surface area contributed by atoms with Crippen LogP contribution in [0.1, 0.15) is 18.4 Å². The van der Waals surface area contributed by atoms with Gasteiger partial charge in [-0.2, -0.15) is 0 Å². The van der Waals surface area contributed by atoms with Crippen LogP contribution in [0.3, 0.4) is 0 Å². The first kappa shape index (κ1) is 16.9. The third-order valence-corrected chi connectivity index (χ3v) is 3.98. The number of nitrogens with zero attached hydrogens (tertiary/aromatic N) is 1. The van der Waals surface area contributed by atoms with Crippen molar-refractivity contribution in [3.63, 3.8) is 0 Å². The number of carbonyl (C=O) groups excluding carboxylic acids is 2. The summed E-state index contributed by atoms with van der Waals surface area (Å²) in [5, 5.41) is 0. The van der Waals surface area contributed by atoms with Crippen LogP contribution in [0.5, 0.6) is 11.5 Å². The Morgan fingerprint density at radius 1 is 1.30 bits per heavy atom. The second-order valence-electron chi connectivity index (χ2n) is 5.47. The van der Waals surface area contributed by atoms with Crippen molar-refractivity contribution in [2.24, 2.45) is 11.7 Å². The van der Waals surface area contributed by atoms with Gasteiger partial charge in [0.15, 0.2) is 0 Å². The Balaban J connectivity index is 2.10. The lowest BCUT2D eigenvalue weighted by Crippen LogP contribution is -2.43. The van der Waals surface area contributed by atoms with Crippen molar-refractivity contribution >= 4 is 17.9 Å². The predicted molar refractivity (Wildman–Crippen MR) is 87.1 cm³/mol. The van der Waals surface area contributed by atoms with E-state index in [-0.39, 0.29) is 17.7 Å². The number of likely N-dealkylation sites (tertiary alicyclic amines) is 1. The zero-order valence-corrected chi connectivity index (χ0v) is 13.5. The highest BCUT2D eigenvalue weighted by atomic mass is 16.5. The van der Waals surface area contributed by atoms with E-state index in [0.717, 1.165) is 18.4 Å². The van der Waals surface area contributed by atoms with Gasteiger partial charge in [0.05, 0.1) is 20.1 Å². The monoisotopic (exact) mass is 318 g/mol. The molecule has 0 radical (unpaired) electrons. The van der Waals surface area contributed by atoms with Crippen molar-refractivity contribution in [2.45, 2.75) is 12.8 Å². The summed E-state index contributed by atoms with van der Waals surface area (Å²) in [7, 11) is 3.15. The van der Waals surface area contributed by atoms with Crippen molar-refractivity contribution in [1.29, 1.82) is 0 Å². The van der Waals surface area contributed by atoms with Crippen LogP contribution in [0.2, 0.25) is 0 Å². The van der Waals surface area contributed by atoms with Gasteiger partial charge in [0.1, 0.15) is 11.5 Å². The zero-order chi connectivity index (χ0) is 16.8. The van der Waals surface area contributed by atoms with E-state index in [9.17, 15) is 9.59 Å². The summed E-state index contributed by atoms with van der Waals surface area (Å²) in [6.45, 7) is 1.02. The van der Waals surface area contributed by atoms with Crippen molar-refractivity contribution in [1.82, 2.24) is 4.90 Å². The van der Waals surface area contributed by atoms with Crippen LogP contribution < -0.4 is 15.2 Å². The van der Waals surface area contributed by atoms with Crippen molar-refractivity contribution in [3.8, 4) is 11.5 Å². The van der Waals surface area contributed by atoms with Gasteiger partial charge in [0.2, 0.25) is 11.8 Å². The number of hydrogen-bond donors (Lipinski definition) is 1. The molecule has 1 unspecified atom stereocenters. The number of hydrogen-bond acceptors (Lipinski definition) is 4. The summed E-state index contributed by atoms with van der Waals surface area (Å²) in [5.41, 5.74) is 6.09. The number of carbonyl (C=O) groups is 2. The van der Waals surface area contributed by atoms with Crippen LogP contribution in [0.25, 0.3) is 6.08 Å². The average molecular weight is 318 g/mol. The highest BCUT2D eigenvalue weighted by Crippen LogP contribution is 2.25. The largest absolute Gasteiger partial charge is 0.497 e. The molecule has 23 heavy (non-hydrogen) atoms. The van der Waals surface area contributed by atoms with Gasteiger partial charge >= 0.3 is 0 Å². The van der Waals surface area contributed by atoms with E-state index in [4.69, 9.17) is 15.2 Å². The van der Waals surface area contributed by atoms with E-state index in [2.05, 4.69) is 0 Å². The Morgan fingerprint density at radius 2 is 2.09 bits per heavy atom. The SMILES string of the molecule is COc1ccc(OC)c(/C=C/C(=O)N2CCCC(C(N)=O)C2)c1. The van der Waals surface area contributed by atoms with Crippen molar-refractivity contribution in [3.05, 3.63) is 29.8 Å². The maximum absolute atomic E-state index is 12.3. The van der Waals surface area contributed by atoms with Crippen LogP contribution in [0.15, 0.2) is 24.3 Å². The highest BCUT2D eigenvalue weighted by Gasteiger charge is 2.25. The molecule has 1 fully saturated rings. The standard InChI is InChI=1S/C17H22N2O4/c1-22-14-6-7-15(23-2)12(10-14)5-8-16(20)19-9-3-4-13(11-19)17(18)21/h5-8,10,13H,3-4,9,11H2,1-2H3,(H2,18,21)/b8-5+. The quantitative estimate of drug-likeness (QED) is 0.833. The molecule has 1 saturated heterocycles. The van der Waals surface area contributed by atoms with E-state index in [1.807, 2.05) is 0 Å². The fraction of sp³-hybridized carbons (Fsp3) is 0.412. The van der Waals surface area contributed by atoms with Crippen LogP contribution in [-0.2, 0) is 9.59 Å². The molecule has 0 aliphatic carbocycles. The first-order valence-corrected chi connectivity index (χ1v) is 7.53. The summed E-state index contributed by atoms with van der Waals surface area (Å²) in [5.74, 6) is 0.599. The van der Waals surface area contributed by atoms with E-state index < -0.39 is 0 Å². The molecule has 0 spiro atoms. The zero-order valence-electron chi connectivity index (χ0n) is 13.5. The van der Waals surface area contributed by atoms with Gasteiger partial charge in [-0.15, -0.1) is 0 Å². The molecule has 2 amide bonds. The number of benzene rings is 1. The minimum Gasteiger partial charge on any atom is -0.497 e. The van der Waals surface area contributed by atoms with E-state index in [1.54, 1.807) is 43.4 Å². The number of ether oxygens (including phenoxy) is 2. The van der Waals surface area contributed by atoms with E-state index in [1.165, 1.54) is 6.08 Å². The highest BCUT2D eigenvalue weighted by molar-refractivity contribution is 5.92. The smallest absolute Gasteiger partial charge is 0.246 e. The Kier molecular flexibility index (Phi) is 5.62. The molecule has 0 aromatic heterocycles. The van der Waals surface area contributed by atoms with Gasteiger partial charge in [0.25, 0.3) is 0 Å². The van der Waals surface area contributed by atoms with Gasteiger partial charge in [-0.1, -0.05) is 0 Å². The van der Waals surface area contributed by atoms with Gasteiger partial charge < -0.3 is 20.1 Å². The molecule has 2 N–H and O–H groups in total. The molecule has 124 valence electrons. The van der Waals surface area contributed by atoms with Crippen LogP contribution in [0.4, 0.5) is 0 Å². The fourth-order valence-electron chi connectivity index (χ4n) is 2.65. The summed E-state index contributed by atoms with van der Waals surface area (Å²) < 4.78 is 10.5. The molecule has 1 aromatic carbocycles. The first-order valence-electron chi connectivity index (χ1n) is 7.53. The Morgan fingerprint density at radius 3 is 2.74 bits per heavy atom. The second kappa shape index (κ2) is 7.67. The average Bonchev–Trinajstić information content (AvgIpc) is 2.59. The lowest BCUT2D eigenvalue weighted by Gasteiger charge is -2.30. The van der Waals surface area contributed by atoms with E-state index >= 15 is 0 Å². The number of amides is 2. The van der Waals surface area contributed by atoms with E-state index in [0.29, 0.717) is 24.6 Å². The maximum atomic E-state index is 12.3. The third kappa shape index (κ3) is 4.25. The lowest BCUT2D eigenvalue weighted by molar-refractivity contribution is -0.130.